The Morgan fingerprint density at radius 3 is 2.90 bits per heavy atom. The number of aromatic nitrogens is 2. The van der Waals surface area contributed by atoms with Crippen molar-refractivity contribution in [2.75, 3.05) is 23.8 Å². The van der Waals surface area contributed by atoms with Crippen LogP contribution in [0.1, 0.15) is 32.5 Å². The number of hydrogen-bond donors (Lipinski definition) is 2. The lowest BCUT2D eigenvalue weighted by Crippen LogP contribution is -2.46. The number of nitrogen functional groups attached to an aromatic ring is 1. The summed E-state index contributed by atoms with van der Waals surface area (Å²) < 4.78 is 5.33. The molecule has 7 nitrogen and oxygen atoms in total. The van der Waals surface area contributed by atoms with Crippen LogP contribution in [0.3, 0.4) is 0 Å². The van der Waals surface area contributed by atoms with Gasteiger partial charge in [-0.3, -0.25) is 4.79 Å². The Bertz CT molecular complexity index is 508. The highest BCUT2D eigenvalue weighted by molar-refractivity contribution is 5.77. The van der Waals surface area contributed by atoms with Crippen LogP contribution in [0.15, 0.2) is 6.07 Å². The molecule has 2 unspecified atom stereocenters. The molecule has 4 N–H and O–H groups in total. The topological polar surface area (TPSA) is 107 Å². The molecular formula is C14H23N5O2. The van der Waals surface area contributed by atoms with Gasteiger partial charge in [-0.05, 0) is 26.7 Å². The first kappa shape index (κ1) is 15.5. The molecule has 1 aromatic rings. The molecule has 0 spiro atoms. The van der Waals surface area contributed by atoms with E-state index in [1.165, 1.54) is 0 Å². The molecule has 0 aromatic carbocycles. The first-order valence-electron chi connectivity index (χ1n) is 7.28. The van der Waals surface area contributed by atoms with Gasteiger partial charge in [-0.1, -0.05) is 0 Å². The largest absolute Gasteiger partial charge is 0.384 e. The van der Waals surface area contributed by atoms with E-state index in [0.29, 0.717) is 31.4 Å². The van der Waals surface area contributed by atoms with Crippen molar-refractivity contribution in [1.29, 1.82) is 0 Å². The normalized spacial score (nSPS) is 22.3. The van der Waals surface area contributed by atoms with Gasteiger partial charge in [0.2, 0.25) is 5.91 Å². The molecule has 0 aliphatic carbocycles. The maximum Gasteiger partial charge on any atom is 0.222 e. The second-order valence-electron chi connectivity index (χ2n) is 5.38. The van der Waals surface area contributed by atoms with Crippen molar-refractivity contribution in [3.05, 3.63) is 11.9 Å². The van der Waals surface area contributed by atoms with Crippen LogP contribution in [0.25, 0.3) is 0 Å². The Hall–Kier alpha value is -1.89. The zero-order valence-corrected chi connectivity index (χ0v) is 12.6. The Morgan fingerprint density at radius 1 is 1.48 bits per heavy atom. The molecule has 0 radical (unpaired) electrons. The predicted molar refractivity (Wildman–Crippen MR) is 80.5 cm³/mol. The number of primary amides is 1. The minimum Gasteiger partial charge on any atom is -0.384 e. The van der Waals surface area contributed by atoms with Crippen LogP contribution in [0.4, 0.5) is 11.6 Å². The van der Waals surface area contributed by atoms with Crippen molar-refractivity contribution in [2.24, 2.45) is 11.7 Å². The lowest BCUT2D eigenvalue weighted by Gasteiger charge is -2.37. The molecule has 0 saturated carbocycles. The summed E-state index contributed by atoms with van der Waals surface area (Å²) in [4.78, 5) is 22.2. The molecule has 2 heterocycles. The minimum atomic E-state index is -0.261. The monoisotopic (exact) mass is 293 g/mol. The fourth-order valence-electron chi connectivity index (χ4n) is 2.57. The van der Waals surface area contributed by atoms with Gasteiger partial charge in [-0.2, -0.15) is 0 Å². The Labute approximate surface area is 124 Å². The molecule has 1 saturated heterocycles. The number of ether oxygens (including phenoxy) is 1. The first-order valence-corrected chi connectivity index (χ1v) is 7.28. The summed E-state index contributed by atoms with van der Waals surface area (Å²) in [5.74, 6) is 1.29. The van der Waals surface area contributed by atoms with E-state index in [0.717, 1.165) is 18.7 Å². The molecule has 1 amide bonds. The summed E-state index contributed by atoms with van der Waals surface area (Å²) in [7, 11) is 0. The molecule has 7 heteroatoms. The van der Waals surface area contributed by atoms with Crippen molar-refractivity contribution in [3.63, 3.8) is 0 Å². The Morgan fingerprint density at radius 2 is 2.24 bits per heavy atom. The van der Waals surface area contributed by atoms with Gasteiger partial charge < -0.3 is 21.1 Å². The SMILES string of the molecule is CCOCc1nc(N)cc(N2CC(C(N)=O)CCC2C)n1. The Balaban J connectivity index is 2.22. The highest BCUT2D eigenvalue weighted by Gasteiger charge is 2.29. The van der Waals surface area contributed by atoms with Crippen LogP contribution in [0.2, 0.25) is 0 Å². The lowest BCUT2D eigenvalue weighted by atomic mass is 9.93. The summed E-state index contributed by atoms with van der Waals surface area (Å²) in [6.45, 7) is 5.52. The number of rotatable bonds is 5. The third-order valence-electron chi connectivity index (χ3n) is 3.79. The maximum atomic E-state index is 11.4. The van der Waals surface area contributed by atoms with Crippen molar-refractivity contribution in [1.82, 2.24) is 9.97 Å². The average Bonchev–Trinajstić information content (AvgIpc) is 2.44. The van der Waals surface area contributed by atoms with E-state index >= 15 is 0 Å². The molecule has 1 aromatic heterocycles. The molecule has 116 valence electrons. The predicted octanol–water partition coefficient (Wildman–Crippen LogP) is 0.686. The zero-order chi connectivity index (χ0) is 15.4. The summed E-state index contributed by atoms with van der Waals surface area (Å²) in [6, 6.07) is 2.02. The van der Waals surface area contributed by atoms with E-state index in [4.69, 9.17) is 16.2 Å². The summed E-state index contributed by atoms with van der Waals surface area (Å²) in [5.41, 5.74) is 11.3. The van der Waals surface area contributed by atoms with Gasteiger partial charge in [-0.25, -0.2) is 9.97 Å². The molecule has 1 fully saturated rings. The Kier molecular flexibility index (Phi) is 4.95. The third kappa shape index (κ3) is 3.81. The van der Waals surface area contributed by atoms with Gasteiger partial charge in [0, 0.05) is 25.3 Å². The molecule has 2 rings (SSSR count). The highest BCUT2D eigenvalue weighted by Crippen LogP contribution is 2.27. The summed E-state index contributed by atoms with van der Waals surface area (Å²) >= 11 is 0. The number of carbonyl (C=O) groups is 1. The molecule has 1 aliphatic heterocycles. The zero-order valence-electron chi connectivity index (χ0n) is 12.6. The number of amides is 1. The van der Waals surface area contributed by atoms with Gasteiger partial charge >= 0.3 is 0 Å². The fourth-order valence-corrected chi connectivity index (χ4v) is 2.57. The van der Waals surface area contributed by atoms with Gasteiger partial charge in [0.1, 0.15) is 18.2 Å². The van der Waals surface area contributed by atoms with Gasteiger partial charge in [0.05, 0.1) is 5.92 Å². The van der Waals surface area contributed by atoms with Crippen molar-refractivity contribution < 1.29 is 9.53 Å². The standard InChI is InChI=1S/C14H23N5O2/c1-3-21-8-12-17-11(15)6-13(18-12)19-7-10(14(16)20)5-4-9(19)2/h6,9-10H,3-5,7-8H2,1-2H3,(H2,16,20)(H2,15,17,18). The highest BCUT2D eigenvalue weighted by atomic mass is 16.5. The molecule has 2 atom stereocenters. The summed E-state index contributed by atoms with van der Waals surface area (Å²) in [5, 5.41) is 0. The summed E-state index contributed by atoms with van der Waals surface area (Å²) in [6.07, 6.45) is 1.72. The quantitative estimate of drug-likeness (QED) is 0.827. The number of nitrogens with two attached hydrogens (primary N) is 2. The van der Waals surface area contributed by atoms with Crippen molar-refractivity contribution in [3.8, 4) is 0 Å². The van der Waals surface area contributed by atoms with Crippen LogP contribution in [-0.4, -0.2) is 35.1 Å². The number of nitrogens with zero attached hydrogens (tertiary/aromatic N) is 3. The number of piperidine rings is 1. The van der Waals surface area contributed by atoms with E-state index in [2.05, 4.69) is 21.8 Å². The fraction of sp³-hybridized carbons (Fsp3) is 0.643. The maximum absolute atomic E-state index is 11.4. The van der Waals surface area contributed by atoms with Crippen LogP contribution in [0.5, 0.6) is 0 Å². The number of carbonyl (C=O) groups excluding carboxylic acids is 1. The second-order valence-corrected chi connectivity index (χ2v) is 5.38. The van der Waals surface area contributed by atoms with Gasteiger partial charge in [0.15, 0.2) is 5.82 Å². The van der Waals surface area contributed by atoms with E-state index in [1.807, 2.05) is 6.92 Å². The van der Waals surface area contributed by atoms with Crippen LogP contribution < -0.4 is 16.4 Å². The number of hydrogen-bond acceptors (Lipinski definition) is 6. The van der Waals surface area contributed by atoms with E-state index in [9.17, 15) is 4.79 Å². The molecule has 1 aliphatic rings. The van der Waals surface area contributed by atoms with Crippen LogP contribution >= 0.6 is 0 Å². The van der Waals surface area contributed by atoms with Crippen molar-refractivity contribution in [2.45, 2.75) is 39.3 Å². The first-order chi connectivity index (χ1) is 10.0. The van der Waals surface area contributed by atoms with E-state index in [1.54, 1.807) is 6.07 Å². The van der Waals surface area contributed by atoms with Gasteiger partial charge in [-0.15, -0.1) is 0 Å². The molecular weight excluding hydrogens is 270 g/mol. The van der Waals surface area contributed by atoms with Gasteiger partial charge in [0.25, 0.3) is 0 Å². The molecule has 0 bridgehead atoms. The lowest BCUT2D eigenvalue weighted by molar-refractivity contribution is -0.122. The smallest absolute Gasteiger partial charge is 0.222 e. The number of anilines is 2. The van der Waals surface area contributed by atoms with Crippen LogP contribution in [0, 0.1) is 5.92 Å². The molecule has 21 heavy (non-hydrogen) atoms. The second kappa shape index (κ2) is 6.71. The van der Waals surface area contributed by atoms with Crippen molar-refractivity contribution >= 4 is 17.5 Å². The van der Waals surface area contributed by atoms with Crippen LogP contribution in [-0.2, 0) is 16.1 Å². The average molecular weight is 293 g/mol. The van der Waals surface area contributed by atoms with E-state index in [-0.39, 0.29) is 17.9 Å². The third-order valence-corrected chi connectivity index (χ3v) is 3.79. The minimum absolute atomic E-state index is 0.146. The van der Waals surface area contributed by atoms with E-state index < -0.39 is 0 Å².